The first kappa shape index (κ1) is 23.4. The van der Waals surface area contributed by atoms with E-state index >= 15 is 0 Å². The molecule has 5 nitrogen and oxygen atoms in total. The van der Waals surface area contributed by atoms with Crippen LogP contribution in [0.5, 0.6) is 0 Å². The summed E-state index contributed by atoms with van der Waals surface area (Å²) < 4.78 is 14.8. The van der Waals surface area contributed by atoms with Gasteiger partial charge in [-0.3, -0.25) is 4.79 Å². The van der Waals surface area contributed by atoms with Gasteiger partial charge < -0.3 is 15.5 Å². The van der Waals surface area contributed by atoms with Crippen LogP contribution >= 0.6 is 39.9 Å². The number of hydrogen-bond donors (Lipinski definition) is 2. The van der Waals surface area contributed by atoms with Crippen molar-refractivity contribution in [2.75, 3.05) is 19.6 Å². The van der Waals surface area contributed by atoms with E-state index in [4.69, 9.17) is 0 Å². The Kier molecular flexibility index (Phi) is 9.46. The standard InChI is InChI=1S/C20H28BrFN4O.HI/c1-2-23-20(24-12-15-11-16(21)7-8-18(15)22)25-17-9-10-26(13-17)19(27)14-5-3-4-6-14;/h7-8,11,14,17H,2-6,9-10,12-13H2,1H3,(H2,23,24,25);1H. The van der Waals surface area contributed by atoms with E-state index in [0.29, 0.717) is 24.0 Å². The lowest BCUT2D eigenvalue weighted by Gasteiger charge is -2.21. The van der Waals surface area contributed by atoms with Crippen molar-refractivity contribution in [1.29, 1.82) is 0 Å². The van der Waals surface area contributed by atoms with E-state index in [-0.39, 0.29) is 48.3 Å². The molecule has 28 heavy (non-hydrogen) atoms. The number of nitrogens with zero attached hydrogens (tertiary/aromatic N) is 2. The van der Waals surface area contributed by atoms with Crippen molar-refractivity contribution in [3.8, 4) is 0 Å². The maximum Gasteiger partial charge on any atom is 0.225 e. The molecule has 2 fully saturated rings. The van der Waals surface area contributed by atoms with E-state index < -0.39 is 0 Å². The van der Waals surface area contributed by atoms with Crippen molar-refractivity contribution < 1.29 is 9.18 Å². The number of rotatable bonds is 5. The average Bonchev–Trinajstić information content (AvgIpc) is 3.34. The minimum absolute atomic E-state index is 0. The van der Waals surface area contributed by atoms with Crippen LogP contribution in [0.3, 0.4) is 0 Å². The fourth-order valence-electron chi connectivity index (χ4n) is 3.85. The van der Waals surface area contributed by atoms with Crippen LogP contribution in [0.15, 0.2) is 27.7 Å². The first-order chi connectivity index (χ1) is 13.1. The van der Waals surface area contributed by atoms with Gasteiger partial charge in [0.25, 0.3) is 0 Å². The molecule has 1 aromatic rings. The molecule has 1 aliphatic carbocycles. The smallest absolute Gasteiger partial charge is 0.225 e. The molecule has 8 heteroatoms. The summed E-state index contributed by atoms with van der Waals surface area (Å²) in [5, 5.41) is 6.62. The van der Waals surface area contributed by atoms with Gasteiger partial charge in [-0.2, -0.15) is 0 Å². The number of aliphatic imine (C=N–C) groups is 1. The molecule has 1 saturated carbocycles. The second kappa shape index (κ2) is 11.3. The first-order valence-corrected chi connectivity index (χ1v) is 10.6. The number of nitrogens with one attached hydrogen (secondary N) is 2. The van der Waals surface area contributed by atoms with Gasteiger partial charge >= 0.3 is 0 Å². The van der Waals surface area contributed by atoms with Crippen molar-refractivity contribution >= 4 is 51.8 Å². The molecule has 0 spiro atoms. The van der Waals surface area contributed by atoms with Gasteiger partial charge in [-0.05, 0) is 44.4 Å². The summed E-state index contributed by atoms with van der Waals surface area (Å²) in [6.45, 7) is 4.50. The molecule has 0 radical (unpaired) electrons. The highest BCUT2D eigenvalue weighted by Gasteiger charge is 2.32. The highest BCUT2D eigenvalue weighted by molar-refractivity contribution is 14.0. The maximum absolute atomic E-state index is 13.9. The zero-order chi connectivity index (χ0) is 19.2. The third-order valence-electron chi connectivity index (χ3n) is 5.30. The van der Waals surface area contributed by atoms with E-state index in [1.807, 2.05) is 11.8 Å². The summed E-state index contributed by atoms with van der Waals surface area (Å²) >= 11 is 3.37. The Labute approximate surface area is 192 Å². The maximum atomic E-state index is 13.9. The summed E-state index contributed by atoms with van der Waals surface area (Å²) in [7, 11) is 0. The molecule has 1 atom stereocenters. The number of benzene rings is 1. The summed E-state index contributed by atoms with van der Waals surface area (Å²) in [5.41, 5.74) is 0.547. The molecular weight excluding hydrogens is 538 g/mol. The molecular formula is C20H29BrFIN4O. The molecule has 3 rings (SSSR count). The highest BCUT2D eigenvalue weighted by atomic mass is 127. The normalized spacial score (nSPS) is 20.2. The lowest BCUT2D eigenvalue weighted by molar-refractivity contribution is -0.134. The van der Waals surface area contributed by atoms with E-state index in [1.54, 1.807) is 12.1 Å². The number of likely N-dealkylation sites (tertiary alicyclic amines) is 1. The van der Waals surface area contributed by atoms with Crippen LogP contribution in [0.4, 0.5) is 4.39 Å². The van der Waals surface area contributed by atoms with Crippen LogP contribution in [0.2, 0.25) is 0 Å². The zero-order valence-electron chi connectivity index (χ0n) is 16.2. The Hall–Kier alpha value is -0.900. The minimum Gasteiger partial charge on any atom is -0.357 e. The summed E-state index contributed by atoms with van der Waals surface area (Å²) in [4.78, 5) is 19.1. The Balaban J connectivity index is 0.00000280. The summed E-state index contributed by atoms with van der Waals surface area (Å²) in [6, 6.07) is 5.06. The number of amides is 1. The fourth-order valence-corrected chi connectivity index (χ4v) is 4.26. The number of carbonyl (C=O) groups excluding carboxylic acids is 1. The lowest BCUT2D eigenvalue weighted by atomic mass is 10.1. The SMILES string of the molecule is CCNC(=NCc1cc(Br)ccc1F)NC1CCN(C(=O)C2CCCC2)C1.I. The zero-order valence-corrected chi connectivity index (χ0v) is 20.1. The first-order valence-electron chi connectivity index (χ1n) is 9.84. The van der Waals surface area contributed by atoms with Gasteiger partial charge in [0.05, 0.1) is 6.54 Å². The third kappa shape index (κ3) is 6.30. The second-order valence-electron chi connectivity index (χ2n) is 7.33. The molecule has 1 aliphatic heterocycles. The molecule has 1 amide bonds. The number of guanidine groups is 1. The molecule has 1 saturated heterocycles. The Morgan fingerprint density at radius 1 is 1.32 bits per heavy atom. The van der Waals surface area contributed by atoms with Crippen LogP contribution in [0, 0.1) is 11.7 Å². The number of carbonyl (C=O) groups is 1. The molecule has 156 valence electrons. The average molecular weight is 567 g/mol. The van der Waals surface area contributed by atoms with Crippen LogP contribution in [0.1, 0.15) is 44.6 Å². The van der Waals surface area contributed by atoms with E-state index in [1.165, 1.54) is 18.9 Å². The van der Waals surface area contributed by atoms with Crippen molar-refractivity contribution in [3.63, 3.8) is 0 Å². The van der Waals surface area contributed by atoms with Gasteiger partial charge in [-0.1, -0.05) is 28.8 Å². The largest absolute Gasteiger partial charge is 0.357 e. The molecule has 0 aromatic heterocycles. The summed E-state index contributed by atoms with van der Waals surface area (Å²) in [5.74, 6) is 0.948. The Bertz CT molecular complexity index is 697. The van der Waals surface area contributed by atoms with Crippen LogP contribution in [-0.2, 0) is 11.3 Å². The quantitative estimate of drug-likeness (QED) is 0.321. The Morgan fingerprint density at radius 3 is 2.79 bits per heavy atom. The minimum atomic E-state index is -0.257. The molecule has 0 bridgehead atoms. The van der Waals surface area contributed by atoms with E-state index in [0.717, 1.165) is 36.8 Å². The van der Waals surface area contributed by atoms with Crippen molar-refractivity contribution in [1.82, 2.24) is 15.5 Å². The van der Waals surface area contributed by atoms with Crippen LogP contribution < -0.4 is 10.6 Å². The highest BCUT2D eigenvalue weighted by Crippen LogP contribution is 2.27. The van der Waals surface area contributed by atoms with E-state index in [9.17, 15) is 9.18 Å². The lowest BCUT2D eigenvalue weighted by Crippen LogP contribution is -2.45. The predicted octanol–water partition coefficient (Wildman–Crippen LogP) is 4.05. The molecule has 2 N–H and O–H groups in total. The predicted molar refractivity (Wildman–Crippen MR) is 124 cm³/mol. The van der Waals surface area contributed by atoms with Crippen LogP contribution in [-0.4, -0.2) is 42.4 Å². The van der Waals surface area contributed by atoms with Gasteiger partial charge in [-0.25, -0.2) is 9.38 Å². The summed E-state index contributed by atoms with van der Waals surface area (Å²) in [6.07, 6.45) is 5.34. The topological polar surface area (TPSA) is 56.7 Å². The molecule has 2 aliphatic rings. The van der Waals surface area contributed by atoms with Gasteiger partial charge in [-0.15, -0.1) is 24.0 Å². The molecule has 1 heterocycles. The van der Waals surface area contributed by atoms with Gasteiger partial charge in [0.2, 0.25) is 5.91 Å². The van der Waals surface area contributed by atoms with Gasteiger partial charge in [0, 0.05) is 41.6 Å². The van der Waals surface area contributed by atoms with Crippen molar-refractivity contribution in [3.05, 3.63) is 34.1 Å². The number of hydrogen-bond acceptors (Lipinski definition) is 2. The monoisotopic (exact) mass is 566 g/mol. The second-order valence-corrected chi connectivity index (χ2v) is 8.24. The molecule has 1 aromatic carbocycles. The fraction of sp³-hybridized carbons (Fsp3) is 0.600. The number of halogens is 3. The van der Waals surface area contributed by atoms with Crippen molar-refractivity contribution in [2.45, 2.75) is 51.6 Å². The van der Waals surface area contributed by atoms with Crippen LogP contribution in [0.25, 0.3) is 0 Å². The van der Waals surface area contributed by atoms with Crippen molar-refractivity contribution in [2.24, 2.45) is 10.9 Å². The van der Waals surface area contributed by atoms with Gasteiger partial charge in [0.15, 0.2) is 5.96 Å². The molecule has 1 unspecified atom stereocenters. The van der Waals surface area contributed by atoms with E-state index in [2.05, 4.69) is 31.6 Å². The third-order valence-corrected chi connectivity index (χ3v) is 5.80. The Morgan fingerprint density at radius 2 is 2.07 bits per heavy atom. The van der Waals surface area contributed by atoms with Gasteiger partial charge in [0.1, 0.15) is 5.82 Å².